The lowest BCUT2D eigenvalue weighted by Gasteiger charge is -2.12. The molecule has 5 nitrogen and oxygen atoms in total. The van der Waals surface area contributed by atoms with Crippen LogP contribution in [-0.2, 0) is 0 Å². The number of aryl methyl sites for hydroxylation is 2. The van der Waals surface area contributed by atoms with E-state index in [9.17, 15) is 8.78 Å². The van der Waals surface area contributed by atoms with E-state index in [1.807, 2.05) is 0 Å². The van der Waals surface area contributed by atoms with Gasteiger partial charge in [-0.15, -0.1) is 11.3 Å². The fourth-order valence-corrected chi connectivity index (χ4v) is 3.46. The normalized spacial score (nSPS) is 11.1. The highest BCUT2D eigenvalue weighted by molar-refractivity contribution is 7.17. The molecule has 0 radical (unpaired) electrons. The van der Waals surface area contributed by atoms with Crippen molar-refractivity contribution in [3.05, 3.63) is 59.3 Å². The van der Waals surface area contributed by atoms with Crippen LogP contribution in [0.1, 0.15) is 11.4 Å². The molecule has 3 heterocycles. The highest BCUT2D eigenvalue weighted by atomic mass is 32.1. The lowest BCUT2D eigenvalue weighted by atomic mass is 10.0. The van der Waals surface area contributed by atoms with Crippen LogP contribution in [0.5, 0.6) is 11.6 Å². The number of nitrogens with zero attached hydrogens (tertiary/aromatic N) is 4. The maximum atomic E-state index is 14.6. The summed E-state index contributed by atoms with van der Waals surface area (Å²) in [7, 11) is 0. The Labute approximate surface area is 151 Å². The molecule has 0 bridgehead atoms. The molecule has 8 heteroatoms. The van der Waals surface area contributed by atoms with Gasteiger partial charge >= 0.3 is 0 Å². The van der Waals surface area contributed by atoms with Gasteiger partial charge in [0.15, 0.2) is 11.6 Å². The maximum Gasteiger partial charge on any atom is 0.239 e. The van der Waals surface area contributed by atoms with Gasteiger partial charge in [-0.05, 0) is 37.6 Å². The molecule has 0 saturated heterocycles. The number of hydrogen-bond donors (Lipinski definition) is 0. The number of fused-ring (bicyclic) bond motifs is 1. The monoisotopic (exact) mass is 370 g/mol. The molecule has 1 aromatic carbocycles. The third-order valence-electron chi connectivity index (χ3n) is 3.93. The number of hydrogen-bond acceptors (Lipinski definition) is 6. The number of aromatic nitrogens is 4. The van der Waals surface area contributed by atoms with Crippen LogP contribution >= 0.6 is 11.3 Å². The first-order chi connectivity index (χ1) is 12.5. The molecular weight excluding hydrogens is 358 g/mol. The summed E-state index contributed by atoms with van der Waals surface area (Å²) in [6.07, 6.45) is 2.90. The van der Waals surface area contributed by atoms with E-state index in [1.165, 1.54) is 36.0 Å². The minimum absolute atomic E-state index is 0.117. The topological polar surface area (TPSA) is 60.8 Å². The molecule has 0 aliphatic rings. The molecule has 0 amide bonds. The summed E-state index contributed by atoms with van der Waals surface area (Å²) in [5.41, 5.74) is 4.51. The van der Waals surface area contributed by atoms with Gasteiger partial charge < -0.3 is 4.74 Å². The molecule has 0 unspecified atom stereocenters. The number of rotatable bonds is 3. The molecule has 0 aliphatic heterocycles. The Balaban J connectivity index is 1.79. The predicted molar refractivity (Wildman–Crippen MR) is 94.3 cm³/mol. The number of ether oxygens (including phenoxy) is 1. The molecule has 0 aliphatic carbocycles. The van der Waals surface area contributed by atoms with E-state index in [2.05, 4.69) is 19.9 Å². The van der Waals surface area contributed by atoms with Crippen LogP contribution < -0.4 is 4.74 Å². The average Bonchev–Trinajstić information content (AvgIpc) is 3.07. The second-order valence-corrected chi connectivity index (χ2v) is 6.46. The third kappa shape index (κ3) is 2.78. The smallest absolute Gasteiger partial charge is 0.239 e. The highest BCUT2D eigenvalue weighted by Crippen LogP contribution is 2.36. The van der Waals surface area contributed by atoms with Crippen molar-refractivity contribution in [3.63, 3.8) is 0 Å². The molecule has 0 N–H and O–H groups in total. The summed E-state index contributed by atoms with van der Waals surface area (Å²) in [5, 5.41) is 0. The molecule has 4 aromatic rings. The van der Waals surface area contributed by atoms with E-state index in [4.69, 9.17) is 4.74 Å². The van der Waals surface area contributed by atoms with Crippen LogP contribution in [0.4, 0.5) is 8.78 Å². The molecule has 0 fully saturated rings. The van der Waals surface area contributed by atoms with Crippen LogP contribution in [0.15, 0.2) is 36.2 Å². The first kappa shape index (κ1) is 16.5. The summed E-state index contributed by atoms with van der Waals surface area (Å²) in [4.78, 5) is 16.4. The van der Waals surface area contributed by atoms with Gasteiger partial charge in [0.1, 0.15) is 11.0 Å². The van der Waals surface area contributed by atoms with Crippen molar-refractivity contribution < 1.29 is 13.5 Å². The summed E-state index contributed by atoms with van der Waals surface area (Å²) in [6, 6.07) is 4.13. The first-order valence-corrected chi connectivity index (χ1v) is 8.56. The molecular formula is C18H12F2N4OS. The van der Waals surface area contributed by atoms with Crippen LogP contribution in [0.25, 0.3) is 21.3 Å². The summed E-state index contributed by atoms with van der Waals surface area (Å²) >= 11 is 1.29. The average molecular weight is 370 g/mol. The standard InChI is InChI=1S/C18H12F2N4OS/c1-9-15(10(2)23-7-22-9)11-5-12(19)16(13(20)6-11)25-18-17-14(3-4-21-18)24-8-26-17/h3-8H,1-2H3. The largest absolute Gasteiger partial charge is 0.431 e. The number of pyridine rings is 1. The lowest BCUT2D eigenvalue weighted by molar-refractivity contribution is 0.400. The third-order valence-corrected chi connectivity index (χ3v) is 4.76. The summed E-state index contributed by atoms with van der Waals surface area (Å²) in [5.74, 6) is -2.04. The van der Waals surface area contributed by atoms with Crippen molar-refractivity contribution in [1.82, 2.24) is 19.9 Å². The first-order valence-electron chi connectivity index (χ1n) is 7.68. The minimum atomic E-state index is -0.828. The molecule has 26 heavy (non-hydrogen) atoms. The van der Waals surface area contributed by atoms with E-state index >= 15 is 0 Å². The van der Waals surface area contributed by atoms with Gasteiger partial charge in [-0.1, -0.05) is 0 Å². The Morgan fingerprint density at radius 2 is 1.65 bits per heavy atom. The Morgan fingerprint density at radius 3 is 2.35 bits per heavy atom. The Kier molecular flexibility index (Phi) is 4.04. The SMILES string of the molecule is Cc1ncnc(C)c1-c1cc(F)c(Oc2nccc3ncsc23)c(F)c1. The van der Waals surface area contributed by atoms with Gasteiger partial charge in [0.25, 0.3) is 0 Å². The molecule has 4 rings (SSSR count). The molecule has 0 saturated carbocycles. The number of benzene rings is 1. The predicted octanol–water partition coefficient (Wildman–Crippen LogP) is 4.84. The quantitative estimate of drug-likeness (QED) is 0.517. The maximum absolute atomic E-state index is 14.6. The van der Waals surface area contributed by atoms with E-state index in [0.717, 1.165) is 0 Å². The number of halogens is 2. The number of thiazole rings is 1. The van der Waals surface area contributed by atoms with Gasteiger partial charge in [-0.3, -0.25) is 0 Å². The molecule has 0 spiro atoms. The van der Waals surface area contributed by atoms with Crippen molar-refractivity contribution in [3.8, 4) is 22.8 Å². The van der Waals surface area contributed by atoms with Crippen LogP contribution in [0.3, 0.4) is 0 Å². The summed E-state index contributed by atoms with van der Waals surface area (Å²) in [6.45, 7) is 3.53. The van der Waals surface area contributed by atoms with Crippen LogP contribution in [0.2, 0.25) is 0 Å². The minimum Gasteiger partial charge on any atom is -0.431 e. The van der Waals surface area contributed by atoms with Gasteiger partial charge in [0.2, 0.25) is 11.6 Å². The van der Waals surface area contributed by atoms with Crippen molar-refractivity contribution in [2.45, 2.75) is 13.8 Å². The Morgan fingerprint density at radius 1 is 0.962 bits per heavy atom. The van der Waals surface area contributed by atoms with Gasteiger partial charge in [0.05, 0.1) is 11.0 Å². The Hall–Kier alpha value is -3.00. The fourth-order valence-electron chi connectivity index (χ4n) is 2.75. The second-order valence-electron chi connectivity index (χ2n) is 5.61. The van der Waals surface area contributed by atoms with Crippen molar-refractivity contribution in [2.24, 2.45) is 0 Å². The molecule has 0 atom stereocenters. The molecule has 130 valence electrons. The zero-order chi connectivity index (χ0) is 18.3. The molecule has 3 aromatic heterocycles. The van der Waals surface area contributed by atoms with E-state index in [0.29, 0.717) is 32.7 Å². The van der Waals surface area contributed by atoms with Crippen LogP contribution in [0, 0.1) is 25.5 Å². The van der Waals surface area contributed by atoms with Crippen molar-refractivity contribution in [2.75, 3.05) is 0 Å². The van der Waals surface area contributed by atoms with E-state index in [-0.39, 0.29) is 5.88 Å². The van der Waals surface area contributed by atoms with Crippen molar-refractivity contribution in [1.29, 1.82) is 0 Å². The van der Waals surface area contributed by atoms with Crippen molar-refractivity contribution >= 4 is 21.6 Å². The Bertz CT molecular complexity index is 1090. The van der Waals surface area contributed by atoms with Gasteiger partial charge in [-0.25, -0.2) is 28.7 Å². The summed E-state index contributed by atoms with van der Waals surface area (Å²) < 4.78 is 35.3. The lowest BCUT2D eigenvalue weighted by Crippen LogP contribution is -1.99. The fraction of sp³-hybridized carbons (Fsp3) is 0.111. The second kappa shape index (κ2) is 6.38. The van der Waals surface area contributed by atoms with Gasteiger partial charge in [-0.2, -0.15) is 0 Å². The zero-order valence-corrected chi connectivity index (χ0v) is 14.6. The highest BCUT2D eigenvalue weighted by Gasteiger charge is 2.19. The zero-order valence-electron chi connectivity index (χ0n) is 13.8. The van der Waals surface area contributed by atoms with E-state index < -0.39 is 17.4 Å². The van der Waals surface area contributed by atoms with Crippen LogP contribution in [-0.4, -0.2) is 19.9 Å². The van der Waals surface area contributed by atoms with E-state index in [1.54, 1.807) is 25.4 Å². The van der Waals surface area contributed by atoms with Gasteiger partial charge in [0, 0.05) is 23.1 Å².